The van der Waals surface area contributed by atoms with Crippen LogP contribution in [-0.2, 0) is 11.3 Å². The van der Waals surface area contributed by atoms with Crippen molar-refractivity contribution in [3.05, 3.63) is 54.9 Å². The Bertz CT molecular complexity index is 858. The summed E-state index contributed by atoms with van der Waals surface area (Å²) < 4.78 is 12.8. The molecule has 0 fully saturated rings. The van der Waals surface area contributed by atoms with E-state index in [0.29, 0.717) is 26.1 Å². The van der Waals surface area contributed by atoms with Gasteiger partial charge in [0.25, 0.3) is 0 Å². The third-order valence-corrected chi connectivity index (χ3v) is 4.27. The average molecular weight is 353 g/mol. The van der Waals surface area contributed by atoms with Gasteiger partial charge >= 0.3 is 0 Å². The number of ether oxygens (including phenoxy) is 2. The van der Waals surface area contributed by atoms with Gasteiger partial charge in [0, 0.05) is 20.0 Å². The van der Waals surface area contributed by atoms with Crippen molar-refractivity contribution in [1.29, 1.82) is 0 Å². The van der Waals surface area contributed by atoms with Crippen LogP contribution in [0.1, 0.15) is 6.42 Å². The molecule has 136 valence electrons. The van der Waals surface area contributed by atoms with E-state index < -0.39 is 0 Å². The summed E-state index contributed by atoms with van der Waals surface area (Å²) in [7, 11) is 3.43. The van der Waals surface area contributed by atoms with E-state index in [1.54, 1.807) is 25.4 Å². The molecular formula is C20H23N3O3. The van der Waals surface area contributed by atoms with E-state index in [1.165, 1.54) is 0 Å². The van der Waals surface area contributed by atoms with Crippen molar-refractivity contribution in [2.24, 2.45) is 0 Å². The van der Waals surface area contributed by atoms with Crippen LogP contribution in [0.15, 0.2) is 54.9 Å². The van der Waals surface area contributed by atoms with E-state index in [9.17, 15) is 4.79 Å². The Kier molecular flexibility index (Phi) is 5.73. The van der Waals surface area contributed by atoms with Crippen LogP contribution in [0.2, 0.25) is 0 Å². The molecule has 0 N–H and O–H groups in total. The smallest absolute Gasteiger partial charge is 0.224 e. The van der Waals surface area contributed by atoms with Gasteiger partial charge in [0.1, 0.15) is 18.1 Å². The Balaban J connectivity index is 1.44. The van der Waals surface area contributed by atoms with Crippen LogP contribution in [0.4, 0.5) is 0 Å². The number of imidazole rings is 1. The van der Waals surface area contributed by atoms with Crippen LogP contribution < -0.4 is 9.47 Å². The van der Waals surface area contributed by atoms with E-state index in [0.717, 1.165) is 22.5 Å². The van der Waals surface area contributed by atoms with E-state index >= 15 is 0 Å². The van der Waals surface area contributed by atoms with Crippen LogP contribution in [0.3, 0.4) is 0 Å². The predicted molar refractivity (Wildman–Crippen MR) is 100 cm³/mol. The molecule has 0 saturated carbocycles. The van der Waals surface area contributed by atoms with Crippen molar-refractivity contribution in [3.63, 3.8) is 0 Å². The number of likely N-dealkylation sites (N-methyl/N-ethyl adjacent to an activating group) is 1. The van der Waals surface area contributed by atoms with Gasteiger partial charge < -0.3 is 18.9 Å². The third kappa shape index (κ3) is 4.33. The number of carbonyl (C=O) groups excluding carboxylic acids is 1. The van der Waals surface area contributed by atoms with Crippen molar-refractivity contribution in [3.8, 4) is 11.5 Å². The molecule has 0 atom stereocenters. The van der Waals surface area contributed by atoms with E-state index in [-0.39, 0.29) is 5.91 Å². The number of rotatable bonds is 8. The molecule has 26 heavy (non-hydrogen) atoms. The Morgan fingerprint density at radius 3 is 2.62 bits per heavy atom. The van der Waals surface area contributed by atoms with E-state index in [4.69, 9.17) is 9.47 Å². The van der Waals surface area contributed by atoms with Crippen molar-refractivity contribution in [1.82, 2.24) is 14.5 Å². The first-order valence-corrected chi connectivity index (χ1v) is 8.58. The van der Waals surface area contributed by atoms with Gasteiger partial charge in [0.15, 0.2) is 0 Å². The van der Waals surface area contributed by atoms with Crippen molar-refractivity contribution >= 4 is 16.9 Å². The monoisotopic (exact) mass is 353 g/mol. The molecule has 6 nitrogen and oxygen atoms in total. The van der Waals surface area contributed by atoms with Crippen LogP contribution >= 0.6 is 0 Å². The summed E-state index contributed by atoms with van der Waals surface area (Å²) in [6.45, 7) is 1.60. The van der Waals surface area contributed by atoms with Gasteiger partial charge in [-0.05, 0) is 36.4 Å². The number of fused-ring (bicyclic) bond motifs is 1. The minimum Gasteiger partial charge on any atom is -0.497 e. The largest absolute Gasteiger partial charge is 0.497 e. The third-order valence-electron chi connectivity index (χ3n) is 4.27. The number of carbonyl (C=O) groups is 1. The molecule has 0 bridgehead atoms. The summed E-state index contributed by atoms with van der Waals surface area (Å²) in [5, 5.41) is 0. The minimum atomic E-state index is 0.0844. The first-order chi connectivity index (χ1) is 12.7. The fourth-order valence-corrected chi connectivity index (χ4v) is 2.69. The number of benzene rings is 2. The highest BCUT2D eigenvalue weighted by Gasteiger charge is 2.10. The minimum absolute atomic E-state index is 0.0844. The lowest BCUT2D eigenvalue weighted by Crippen LogP contribution is -2.31. The molecule has 0 saturated heterocycles. The van der Waals surface area contributed by atoms with Crippen molar-refractivity contribution in [2.75, 3.05) is 27.3 Å². The molecule has 6 heteroatoms. The molecule has 0 spiro atoms. The lowest BCUT2D eigenvalue weighted by Gasteiger charge is -2.18. The van der Waals surface area contributed by atoms with Crippen molar-refractivity contribution in [2.45, 2.75) is 13.0 Å². The SMILES string of the molecule is COc1ccc(OCCN(C)C(=O)CCn2cnc3ccccc32)cc1. The second-order valence-corrected chi connectivity index (χ2v) is 6.02. The first kappa shape index (κ1) is 17.8. The van der Waals surface area contributed by atoms with Gasteiger partial charge in [0.2, 0.25) is 5.91 Å². The average Bonchev–Trinajstić information content (AvgIpc) is 3.09. The molecule has 0 unspecified atom stereocenters. The normalized spacial score (nSPS) is 10.7. The quantitative estimate of drug-likeness (QED) is 0.625. The second kappa shape index (κ2) is 8.38. The summed E-state index contributed by atoms with van der Waals surface area (Å²) in [5.41, 5.74) is 1.99. The zero-order chi connectivity index (χ0) is 18.4. The number of aromatic nitrogens is 2. The van der Waals surface area contributed by atoms with Crippen LogP contribution in [0.5, 0.6) is 11.5 Å². The molecule has 2 aromatic carbocycles. The van der Waals surface area contributed by atoms with E-state index in [1.807, 2.05) is 53.1 Å². The Morgan fingerprint density at radius 2 is 1.85 bits per heavy atom. The highest BCUT2D eigenvalue weighted by molar-refractivity contribution is 5.77. The topological polar surface area (TPSA) is 56.6 Å². The highest BCUT2D eigenvalue weighted by atomic mass is 16.5. The van der Waals surface area contributed by atoms with Crippen molar-refractivity contribution < 1.29 is 14.3 Å². The molecule has 3 rings (SSSR count). The fourth-order valence-electron chi connectivity index (χ4n) is 2.69. The van der Waals surface area contributed by atoms with Gasteiger partial charge in [-0.3, -0.25) is 4.79 Å². The number of para-hydroxylation sites is 2. The molecule has 0 aliphatic carbocycles. The Hall–Kier alpha value is -3.02. The molecule has 0 aliphatic rings. The van der Waals surface area contributed by atoms with Crippen LogP contribution in [0, 0.1) is 0 Å². The van der Waals surface area contributed by atoms with Gasteiger partial charge in [-0.1, -0.05) is 12.1 Å². The number of hydrogen-bond donors (Lipinski definition) is 0. The number of aryl methyl sites for hydroxylation is 1. The molecule has 1 amide bonds. The maximum atomic E-state index is 12.3. The van der Waals surface area contributed by atoms with Crippen LogP contribution in [0.25, 0.3) is 11.0 Å². The lowest BCUT2D eigenvalue weighted by molar-refractivity contribution is -0.130. The van der Waals surface area contributed by atoms with Gasteiger partial charge in [-0.2, -0.15) is 0 Å². The van der Waals surface area contributed by atoms with Gasteiger partial charge in [-0.25, -0.2) is 4.98 Å². The summed E-state index contributed by atoms with van der Waals surface area (Å²) >= 11 is 0. The Labute approximate surface area is 153 Å². The number of nitrogens with zero attached hydrogens (tertiary/aromatic N) is 3. The second-order valence-electron chi connectivity index (χ2n) is 6.02. The molecule has 0 radical (unpaired) electrons. The molecular weight excluding hydrogens is 330 g/mol. The fraction of sp³-hybridized carbons (Fsp3) is 0.300. The summed E-state index contributed by atoms with van der Waals surface area (Å²) in [6.07, 6.45) is 2.21. The number of hydrogen-bond acceptors (Lipinski definition) is 4. The lowest BCUT2D eigenvalue weighted by atomic mass is 10.3. The Morgan fingerprint density at radius 1 is 1.12 bits per heavy atom. The number of amides is 1. The predicted octanol–water partition coefficient (Wildman–Crippen LogP) is 2.97. The summed E-state index contributed by atoms with van der Waals surface area (Å²) in [4.78, 5) is 18.4. The van der Waals surface area contributed by atoms with Gasteiger partial charge in [-0.15, -0.1) is 0 Å². The van der Waals surface area contributed by atoms with Gasteiger partial charge in [0.05, 0.1) is 31.0 Å². The first-order valence-electron chi connectivity index (χ1n) is 8.58. The maximum Gasteiger partial charge on any atom is 0.224 e. The standard InChI is InChI=1S/C20H23N3O3/c1-22(13-14-26-17-9-7-16(25-2)8-10-17)20(24)11-12-23-15-21-18-5-3-4-6-19(18)23/h3-10,15H,11-14H2,1-2H3. The summed E-state index contributed by atoms with van der Waals surface area (Å²) in [5.74, 6) is 1.63. The maximum absolute atomic E-state index is 12.3. The zero-order valence-electron chi connectivity index (χ0n) is 15.1. The van der Waals surface area contributed by atoms with E-state index in [2.05, 4.69) is 4.98 Å². The zero-order valence-corrected chi connectivity index (χ0v) is 15.1. The summed E-state index contributed by atoms with van der Waals surface area (Å²) in [6, 6.07) is 15.3. The number of methoxy groups -OCH3 is 1. The molecule has 3 aromatic rings. The highest BCUT2D eigenvalue weighted by Crippen LogP contribution is 2.17. The molecule has 1 heterocycles. The molecule has 0 aliphatic heterocycles. The molecule has 1 aromatic heterocycles. The van der Waals surface area contributed by atoms with Crippen LogP contribution in [-0.4, -0.2) is 47.7 Å².